The Morgan fingerprint density at radius 1 is 1.24 bits per heavy atom. The lowest BCUT2D eigenvalue weighted by atomic mass is 9.93. The van der Waals surface area contributed by atoms with Gasteiger partial charge in [-0.3, -0.25) is 9.69 Å². The number of hydrogen-bond donors (Lipinski definition) is 1. The molecule has 1 aliphatic heterocycles. The van der Waals surface area contributed by atoms with Gasteiger partial charge in [-0.15, -0.1) is 0 Å². The molecular formula is C26H36BrN3O4. The molecule has 0 saturated carbocycles. The van der Waals surface area contributed by atoms with E-state index in [1.807, 2.05) is 43.3 Å². The fourth-order valence-electron chi connectivity index (χ4n) is 3.73. The first kappa shape index (κ1) is 27.7. The molecule has 0 aliphatic carbocycles. The van der Waals surface area contributed by atoms with Gasteiger partial charge >= 0.3 is 5.97 Å². The lowest BCUT2D eigenvalue weighted by Crippen LogP contribution is -2.52. The molecule has 34 heavy (non-hydrogen) atoms. The number of carbonyl (C=O) groups is 1. The zero-order valence-electron chi connectivity index (χ0n) is 20.8. The molecule has 0 spiro atoms. The van der Waals surface area contributed by atoms with Crippen molar-refractivity contribution in [3.63, 3.8) is 0 Å². The van der Waals surface area contributed by atoms with Gasteiger partial charge in [0.2, 0.25) is 0 Å². The molecule has 0 radical (unpaired) electrons. The molecule has 1 N–H and O–H groups in total. The topological polar surface area (TPSA) is 74.6 Å². The Labute approximate surface area is 211 Å². The standard InChI is InChI=1S/C26H36BrN3O4/c1-7-23(34-6)22(12-11-19(2)27)28-24(20-9-8-10-21(17-20)33-5)30-15-13-29(14-16-30)18-26(3,4)25(31)32/h8-12,17H,2,7,13-16,18H2,1,3-6H3,(H,31,32)/b12-11-,23-22-,28-24?. The summed E-state index contributed by atoms with van der Waals surface area (Å²) in [4.78, 5) is 21.1. The molecular weight excluding hydrogens is 498 g/mol. The van der Waals surface area contributed by atoms with Crippen LogP contribution in [0.3, 0.4) is 0 Å². The van der Waals surface area contributed by atoms with E-state index < -0.39 is 11.4 Å². The first-order valence-electron chi connectivity index (χ1n) is 11.3. The van der Waals surface area contributed by atoms with E-state index in [0.29, 0.717) is 13.0 Å². The maximum atomic E-state index is 11.6. The van der Waals surface area contributed by atoms with Crippen molar-refractivity contribution in [1.82, 2.24) is 9.80 Å². The van der Waals surface area contributed by atoms with Crippen LogP contribution in [0.15, 0.2) is 63.9 Å². The van der Waals surface area contributed by atoms with Gasteiger partial charge in [0.25, 0.3) is 0 Å². The largest absolute Gasteiger partial charge is 0.499 e. The average Bonchev–Trinajstić information content (AvgIpc) is 2.81. The molecule has 1 saturated heterocycles. The number of nitrogens with zero attached hydrogens (tertiary/aromatic N) is 3. The minimum absolute atomic E-state index is 0.507. The summed E-state index contributed by atoms with van der Waals surface area (Å²) in [6.07, 6.45) is 4.44. The Morgan fingerprint density at radius 3 is 2.44 bits per heavy atom. The zero-order chi connectivity index (χ0) is 25.3. The van der Waals surface area contributed by atoms with Gasteiger partial charge in [0.15, 0.2) is 0 Å². The van der Waals surface area contributed by atoms with E-state index in [1.54, 1.807) is 28.1 Å². The quantitative estimate of drug-likeness (QED) is 0.199. The second-order valence-electron chi connectivity index (χ2n) is 8.77. The van der Waals surface area contributed by atoms with Crippen molar-refractivity contribution in [2.75, 3.05) is 46.9 Å². The molecule has 0 bridgehead atoms. The predicted octanol–water partition coefficient (Wildman–Crippen LogP) is 4.90. The number of carboxylic acid groups (broad SMARTS) is 1. The van der Waals surface area contributed by atoms with Gasteiger partial charge in [0.1, 0.15) is 23.0 Å². The van der Waals surface area contributed by atoms with Gasteiger partial charge in [0, 0.05) is 49.2 Å². The summed E-state index contributed by atoms with van der Waals surface area (Å²) >= 11 is 3.38. The number of methoxy groups -OCH3 is 2. The Morgan fingerprint density at radius 2 is 1.91 bits per heavy atom. The molecule has 0 unspecified atom stereocenters. The molecule has 1 aromatic rings. The molecule has 0 amide bonds. The van der Waals surface area contributed by atoms with Crippen molar-refractivity contribution < 1.29 is 19.4 Å². The second kappa shape index (κ2) is 12.8. The highest BCUT2D eigenvalue weighted by Gasteiger charge is 2.31. The number of halogens is 1. The number of allylic oxidation sites excluding steroid dienone is 4. The molecule has 2 rings (SSSR count). The van der Waals surface area contributed by atoms with Crippen LogP contribution in [0.2, 0.25) is 0 Å². The van der Waals surface area contributed by atoms with E-state index in [9.17, 15) is 9.90 Å². The van der Waals surface area contributed by atoms with Crippen LogP contribution in [0.4, 0.5) is 0 Å². The number of amidine groups is 1. The monoisotopic (exact) mass is 533 g/mol. The molecule has 1 heterocycles. The highest BCUT2D eigenvalue weighted by atomic mass is 79.9. The zero-order valence-corrected chi connectivity index (χ0v) is 22.4. The number of aliphatic carboxylic acids is 1. The third kappa shape index (κ3) is 7.74. The number of hydrogen-bond acceptors (Lipinski definition) is 5. The first-order valence-corrected chi connectivity index (χ1v) is 12.1. The number of benzene rings is 1. The van der Waals surface area contributed by atoms with E-state index >= 15 is 0 Å². The van der Waals surface area contributed by atoms with Crippen molar-refractivity contribution in [3.8, 4) is 5.75 Å². The van der Waals surface area contributed by atoms with Crippen LogP contribution >= 0.6 is 15.9 Å². The Balaban J connectivity index is 2.44. The number of aliphatic imine (C=N–C) groups is 1. The summed E-state index contributed by atoms with van der Waals surface area (Å²) in [7, 11) is 3.30. The van der Waals surface area contributed by atoms with Gasteiger partial charge in [-0.05, 0) is 38.1 Å². The van der Waals surface area contributed by atoms with E-state index in [1.165, 1.54) is 0 Å². The van der Waals surface area contributed by atoms with Gasteiger partial charge < -0.3 is 19.5 Å². The lowest BCUT2D eigenvalue weighted by Gasteiger charge is -2.39. The van der Waals surface area contributed by atoms with Crippen molar-refractivity contribution >= 4 is 27.7 Å². The van der Waals surface area contributed by atoms with Crippen molar-refractivity contribution in [1.29, 1.82) is 0 Å². The van der Waals surface area contributed by atoms with Gasteiger partial charge in [-0.2, -0.15) is 0 Å². The smallest absolute Gasteiger partial charge is 0.310 e. The molecule has 0 aromatic heterocycles. The maximum absolute atomic E-state index is 11.6. The number of ether oxygens (including phenoxy) is 2. The SMILES string of the molecule is C=C(Br)/C=C\C(N=C(c1cccc(OC)c1)N1CCN(CC(C)(C)C(=O)O)CC1)=C(/CC)OC. The Hall–Kier alpha value is -2.58. The first-order chi connectivity index (χ1) is 16.1. The molecule has 0 atom stereocenters. The van der Waals surface area contributed by atoms with Crippen molar-refractivity contribution in [2.45, 2.75) is 27.2 Å². The van der Waals surface area contributed by atoms with E-state index in [-0.39, 0.29) is 0 Å². The molecule has 8 heteroatoms. The average molecular weight is 534 g/mol. The Kier molecular flexibility index (Phi) is 10.4. The normalized spacial score (nSPS) is 16.4. The van der Waals surface area contributed by atoms with Crippen LogP contribution in [-0.4, -0.2) is 73.7 Å². The molecule has 1 fully saturated rings. The maximum Gasteiger partial charge on any atom is 0.310 e. The Bertz CT molecular complexity index is 955. The van der Waals surface area contributed by atoms with Gasteiger partial charge in [-0.25, -0.2) is 4.99 Å². The highest BCUT2D eigenvalue weighted by Crippen LogP contribution is 2.23. The minimum atomic E-state index is -0.793. The third-order valence-electron chi connectivity index (χ3n) is 5.70. The lowest BCUT2D eigenvalue weighted by molar-refractivity contribution is -0.148. The summed E-state index contributed by atoms with van der Waals surface area (Å²) in [5.41, 5.74) is 0.866. The van der Waals surface area contributed by atoms with Crippen molar-refractivity contribution in [2.24, 2.45) is 10.4 Å². The number of piperazine rings is 1. The fourth-order valence-corrected chi connectivity index (χ4v) is 3.86. The summed E-state index contributed by atoms with van der Waals surface area (Å²) in [6, 6.07) is 7.85. The van der Waals surface area contributed by atoms with Crippen LogP contribution in [0, 0.1) is 5.41 Å². The van der Waals surface area contributed by atoms with Crippen molar-refractivity contribution in [3.05, 3.63) is 64.5 Å². The number of carboxylic acids is 1. The van der Waals surface area contributed by atoms with E-state index in [4.69, 9.17) is 14.5 Å². The highest BCUT2D eigenvalue weighted by molar-refractivity contribution is 9.11. The summed E-state index contributed by atoms with van der Waals surface area (Å²) in [5.74, 6) is 1.56. The molecule has 186 valence electrons. The van der Waals surface area contributed by atoms with E-state index in [0.717, 1.165) is 59.3 Å². The van der Waals surface area contributed by atoms with Crippen LogP contribution in [0.5, 0.6) is 5.75 Å². The summed E-state index contributed by atoms with van der Waals surface area (Å²) in [6.45, 7) is 12.9. The van der Waals surface area contributed by atoms with Crippen LogP contribution in [0.25, 0.3) is 0 Å². The second-order valence-corrected chi connectivity index (χ2v) is 9.78. The van der Waals surface area contributed by atoms with Crippen LogP contribution in [0.1, 0.15) is 32.8 Å². The minimum Gasteiger partial charge on any atom is -0.499 e. The summed E-state index contributed by atoms with van der Waals surface area (Å²) < 4.78 is 11.8. The molecule has 7 nitrogen and oxygen atoms in total. The van der Waals surface area contributed by atoms with Gasteiger partial charge in [-0.1, -0.05) is 41.6 Å². The fraction of sp³-hybridized carbons (Fsp3) is 0.462. The van der Waals surface area contributed by atoms with E-state index in [2.05, 4.69) is 32.3 Å². The number of rotatable bonds is 10. The molecule has 1 aromatic carbocycles. The third-order valence-corrected chi connectivity index (χ3v) is 5.96. The van der Waals surface area contributed by atoms with Crippen LogP contribution < -0.4 is 4.74 Å². The predicted molar refractivity (Wildman–Crippen MR) is 140 cm³/mol. The van der Waals surface area contributed by atoms with Gasteiger partial charge in [0.05, 0.1) is 19.6 Å². The summed E-state index contributed by atoms with van der Waals surface area (Å²) in [5, 5.41) is 9.50. The van der Waals surface area contributed by atoms with Crippen LogP contribution in [-0.2, 0) is 9.53 Å². The molecule has 1 aliphatic rings.